The lowest BCUT2D eigenvalue weighted by molar-refractivity contribution is -0.172. The molecule has 0 aliphatic heterocycles. The van der Waals surface area contributed by atoms with Crippen molar-refractivity contribution in [2.75, 3.05) is 25.1 Å². The Morgan fingerprint density at radius 3 is 2.89 bits per heavy atom. The van der Waals surface area contributed by atoms with Crippen LogP contribution in [0, 0.1) is 6.92 Å². The molecule has 7 heteroatoms. The summed E-state index contributed by atoms with van der Waals surface area (Å²) in [6.07, 6.45) is -4.27. The zero-order valence-electron chi connectivity index (χ0n) is 10.3. The molecule has 0 aliphatic carbocycles. The Labute approximate surface area is 112 Å². The Morgan fingerprint density at radius 2 is 2.16 bits per heavy atom. The maximum Gasteiger partial charge on any atom is 0.411 e. The molecule has 0 atom stereocenters. The molecule has 2 aromatic rings. The second-order valence-corrected chi connectivity index (χ2v) is 5.12. The van der Waals surface area contributed by atoms with Gasteiger partial charge in [-0.3, -0.25) is 0 Å². The third-order valence-corrected chi connectivity index (χ3v) is 3.31. The number of anilines is 1. The summed E-state index contributed by atoms with van der Waals surface area (Å²) in [6.45, 7) is 1.08. The number of hydrogen-bond acceptors (Lipinski definition) is 4. The molecule has 0 saturated carbocycles. The maximum absolute atomic E-state index is 11.8. The third-order valence-electron chi connectivity index (χ3n) is 2.33. The van der Waals surface area contributed by atoms with E-state index in [4.69, 9.17) is 0 Å². The molecule has 19 heavy (non-hydrogen) atoms. The summed E-state index contributed by atoms with van der Waals surface area (Å²) in [5, 5.41) is 3.65. The topological polar surface area (TPSA) is 34.2 Å². The van der Waals surface area contributed by atoms with Gasteiger partial charge in [0.2, 0.25) is 0 Å². The van der Waals surface area contributed by atoms with Crippen molar-refractivity contribution in [1.29, 1.82) is 0 Å². The van der Waals surface area contributed by atoms with Crippen LogP contribution >= 0.6 is 11.3 Å². The van der Waals surface area contributed by atoms with Gasteiger partial charge in [0, 0.05) is 6.54 Å². The lowest BCUT2D eigenvalue weighted by Crippen LogP contribution is -2.20. The largest absolute Gasteiger partial charge is 0.411 e. The first-order valence-corrected chi connectivity index (χ1v) is 6.51. The number of thiazole rings is 1. The minimum absolute atomic E-state index is 0.00549. The van der Waals surface area contributed by atoms with Crippen molar-refractivity contribution in [3.8, 4) is 0 Å². The number of nitrogens with one attached hydrogen (secondary N) is 1. The normalized spacial score (nSPS) is 12.0. The number of aryl methyl sites for hydroxylation is 1. The van der Waals surface area contributed by atoms with Gasteiger partial charge in [0.25, 0.3) is 0 Å². The number of rotatable bonds is 5. The smallest absolute Gasteiger partial charge is 0.370 e. The lowest BCUT2D eigenvalue weighted by Gasteiger charge is -2.07. The molecule has 1 aromatic carbocycles. The fourth-order valence-electron chi connectivity index (χ4n) is 1.53. The molecule has 0 fully saturated rings. The molecule has 0 spiro atoms. The Bertz CT molecular complexity index is 553. The minimum atomic E-state index is -4.27. The van der Waals surface area contributed by atoms with Crippen LogP contribution in [0.4, 0.5) is 18.3 Å². The number of hydrogen-bond donors (Lipinski definition) is 1. The van der Waals surface area contributed by atoms with E-state index in [9.17, 15) is 13.2 Å². The fourth-order valence-corrected chi connectivity index (χ4v) is 2.52. The average Bonchev–Trinajstić information content (AvgIpc) is 2.68. The molecule has 0 unspecified atom stereocenters. The molecule has 2 rings (SSSR count). The van der Waals surface area contributed by atoms with Gasteiger partial charge in [-0.2, -0.15) is 13.2 Å². The third kappa shape index (κ3) is 4.36. The highest BCUT2D eigenvalue weighted by molar-refractivity contribution is 7.22. The highest BCUT2D eigenvalue weighted by Crippen LogP contribution is 2.26. The molecule has 104 valence electrons. The first-order chi connectivity index (χ1) is 8.94. The van der Waals surface area contributed by atoms with E-state index >= 15 is 0 Å². The summed E-state index contributed by atoms with van der Waals surface area (Å²) in [4.78, 5) is 4.33. The van der Waals surface area contributed by atoms with E-state index in [0.717, 1.165) is 15.8 Å². The summed E-state index contributed by atoms with van der Waals surface area (Å²) in [6, 6.07) is 5.92. The number of ether oxygens (including phenoxy) is 1. The van der Waals surface area contributed by atoms with Gasteiger partial charge in [-0.05, 0) is 24.6 Å². The van der Waals surface area contributed by atoms with Crippen LogP contribution in [0.2, 0.25) is 0 Å². The van der Waals surface area contributed by atoms with Crippen molar-refractivity contribution in [2.45, 2.75) is 13.1 Å². The van der Waals surface area contributed by atoms with Crippen LogP contribution in [-0.2, 0) is 4.74 Å². The minimum Gasteiger partial charge on any atom is -0.370 e. The Morgan fingerprint density at radius 1 is 1.37 bits per heavy atom. The van der Waals surface area contributed by atoms with Crippen molar-refractivity contribution in [3.05, 3.63) is 23.8 Å². The molecule has 0 aliphatic rings. The van der Waals surface area contributed by atoms with Crippen LogP contribution in [0.1, 0.15) is 5.56 Å². The molecule has 3 nitrogen and oxygen atoms in total. The van der Waals surface area contributed by atoms with E-state index in [0.29, 0.717) is 11.7 Å². The average molecular weight is 290 g/mol. The van der Waals surface area contributed by atoms with Crippen molar-refractivity contribution in [2.24, 2.45) is 0 Å². The van der Waals surface area contributed by atoms with Crippen LogP contribution in [0.3, 0.4) is 0 Å². The van der Waals surface area contributed by atoms with E-state index in [-0.39, 0.29) is 6.61 Å². The van der Waals surface area contributed by atoms with E-state index in [2.05, 4.69) is 15.0 Å². The zero-order chi connectivity index (χ0) is 13.9. The number of alkyl halides is 3. The molecular weight excluding hydrogens is 277 g/mol. The molecule has 1 N–H and O–H groups in total. The van der Waals surface area contributed by atoms with Gasteiger partial charge in [0.1, 0.15) is 6.61 Å². The summed E-state index contributed by atoms with van der Waals surface area (Å²) in [7, 11) is 0. The second kappa shape index (κ2) is 5.75. The summed E-state index contributed by atoms with van der Waals surface area (Å²) < 4.78 is 41.0. The van der Waals surface area contributed by atoms with Gasteiger partial charge < -0.3 is 10.1 Å². The number of fused-ring (bicyclic) bond motifs is 1. The molecule has 0 saturated heterocycles. The van der Waals surface area contributed by atoms with E-state index in [1.807, 2.05) is 25.1 Å². The quantitative estimate of drug-likeness (QED) is 0.854. The molecule has 0 radical (unpaired) electrons. The molecular formula is C12H13F3N2OS. The highest BCUT2D eigenvalue weighted by atomic mass is 32.1. The first-order valence-electron chi connectivity index (χ1n) is 5.69. The maximum atomic E-state index is 11.8. The second-order valence-electron chi connectivity index (χ2n) is 4.08. The van der Waals surface area contributed by atoms with Crippen LogP contribution in [0.25, 0.3) is 10.2 Å². The SMILES string of the molecule is Cc1ccc2nc(NCCOCC(F)(F)F)sc2c1. The monoisotopic (exact) mass is 290 g/mol. The predicted octanol–water partition coefficient (Wildman–Crippen LogP) is 3.60. The van der Waals surface area contributed by atoms with Gasteiger partial charge in [-0.25, -0.2) is 4.98 Å². The van der Waals surface area contributed by atoms with Gasteiger partial charge in [0.15, 0.2) is 5.13 Å². The van der Waals surface area contributed by atoms with Gasteiger partial charge >= 0.3 is 6.18 Å². The van der Waals surface area contributed by atoms with Gasteiger partial charge in [-0.15, -0.1) is 0 Å². The summed E-state index contributed by atoms with van der Waals surface area (Å²) in [5.74, 6) is 0. The molecule has 0 amide bonds. The van der Waals surface area contributed by atoms with Crippen LogP contribution in [0.5, 0.6) is 0 Å². The van der Waals surface area contributed by atoms with Crippen molar-refractivity contribution in [1.82, 2.24) is 4.98 Å². The van der Waals surface area contributed by atoms with Gasteiger partial charge in [-0.1, -0.05) is 17.4 Å². The highest BCUT2D eigenvalue weighted by Gasteiger charge is 2.27. The van der Waals surface area contributed by atoms with Crippen molar-refractivity contribution >= 4 is 26.7 Å². The number of aromatic nitrogens is 1. The molecule has 1 aromatic heterocycles. The summed E-state index contributed by atoms with van der Waals surface area (Å²) >= 11 is 1.48. The van der Waals surface area contributed by atoms with Crippen molar-refractivity contribution < 1.29 is 17.9 Å². The predicted molar refractivity (Wildman–Crippen MR) is 69.7 cm³/mol. The van der Waals surface area contributed by atoms with Crippen LogP contribution < -0.4 is 5.32 Å². The molecule has 1 heterocycles. The van der Waals surface area contributed by atoms with Crippen LogP contribution in [0.15, 0.2) is 18.2 Å². The number of nitrogens with zero attached hydrogens (tertiary/aromatic N) is 1. The van der Waals surface area contributed by atoms with E-state index in [1.165, 1.54) is 11.3 Å². The van der Waals surface area contributed by atoms with Gasteiger partial charge in [0.05, 0.1) is 16.8 Å². The molecule has 0 bridgehead atoms. The number of halogens is 3. The van der Waals surface area contributed by atoms with E-state index < -0.39 is 12.8 Å². The zero-order valence-corrected chi connectivity index (χ0v) is 11.1. The fraction of sp³-hybridized carbons (Fsp3) is 0.417. The standard InChI is InChI=1S/C12H13F3N2OS/c1-8-2-3-9-10(6-8)19-11(17-9)16-4-5-18-7-12(13,14)15/h2-3,6H,4-5,7H2,1H3,(H,16,17). The lowest BCUT2D eigenvalue weighted by atomic mass is 10.2. The van der Waals surface area contributed by atoms with Crippen LogP contribution in [-0.4, -0.2) is 30.9 Å². The Balaban J connectivity index is 1.82. The Hall–Kier alpha value is -1.34. The Kier molecular flexibility index (Phi) is 4.26. The summed E-state index contributed by atoms with van der Waals surface area (Å²) in [5.41, 5.74) is 2.03. The first kappa shape index (κ1) is 14.1. The van der Waals surface area contributed by atoms with E-state index in [1.54, 1.807) is 0 Å². The van der Waals surface area contributed by atoms with Crippen molar-refractivity contribution in [3.63, 3.8) is 0 Å². The number of benzene rings is 1.